The van der Waals surface area contributed by atoms with E-state index in [1.165, 1.54) is 90.1 Å². The number of rotatable bonds is 19. The maximum atomic E-state index is 5.37. The lowest BCUT2D eigenvalue weighted by atomic mass is 10.0. The van der Waals surface area contributed by atoms with Crippen molar-refractivity contribution in [2.75, 3.05) is 54.4 Å². The molecule has 0 spiro atoms. The van der Waals surface area contributed by atoms with E-state index in [1.807, 2.05) is 0 Å². The third-order valence-electron chi connectivity index (χ3n) is 6.00. The van der Waals surface area contributed by atoms with Gasteiger partial charge >= 0.3 is 0 Å². The van der Waals surface area contributed by atoms with Crippen molar-refractivity contribution in [3.63, 3.8) is 0 Å². The molecule has 0 amide bonds. The number of nitrogens with zero attached hydrogens (tertiary/aromatic N) is 2. The van der Waals surface area contributed by atoms with Gasteiger partial charge in [-0.05, 0) is 25.7 Å². The van der Waals surface area contributed by atoms with Crippen molar-refractivity contribution in [1.82, 2.24) is 0 Å². The summed E-state index contributed by atoms with van der Waals surface area (Å²) >= 11 is 0. The lowest BCUT2D eigenvalue weighted by molar-refractivity contribution is -0.890. The zero-order valence-electron chi connectivity index (χ0n) is 20.5. The van der Waals surface area contributed by atoms with Gasteiger partial charge in [0, 0.05) is 0 Å². The summed E-state index contributed by atoms with van der Waals surface area (Å²) in [5.41, 5.74) is 0. The van der Waals surface area contributed by atoms with Crippen LogP contribution in [0.5, 0.6) is 0 Å². The molecule has 0 heterocycles. The van der Waals surface area contributed by atoms with Crippen LogP contribution in [-0.2, 0) is 0 Å². The number of hydrogen-bond acceptors (Lipinski definition) is 0. The molecule has 0 aliphatic rings. The molecule has 0 N–H and O–H groups in total. The number of quaternary nitrogens is 2. The lowest BCUT2D eigenvalue weighted by Gasteiger charge is -2.29. The van der Waals surface area contributed by atoms with Crippen molar-refractivity contribution in [1.29, 1.82) is 0 Å². The minimum atomic E-state index is 0. The molecule has 0 rings (SSSR count). The molecule has 0 aliphatic carbocycles. The zero-order valence-corrected chi connectivity index (χ0v) is 23.7. The van der Waals surface area contributed by atoms with Gasteiger partial charge < -0.3 is 42.9 Å². The molecular weight excluding hydrogens is 500 g/mol. The standard InChI is InChI=1S/C26H50N2.2BrH/c1-7-9-23-27(3,4)25-21-19-17-15-13-11-12-14-16-18-20-22-26-28(5,6)24-10-8-2;;/h1-2H,9-26H2,3-6H3;2*1H/q+2;;/p-2. The highest BCUT2D eigenvalue weighted by Gasteiger charge is 2.13. The zero-order chi connectivity index (χ0) is 21.1. The molecule has 178 valence electrons. The first kappa shape index (κ1) is 34.6. The third kappa shape index (κ3) is 24.3. The lowest BCUT2D eigenvalue weighted by Crippen LogP contribution is -3.00. The Bertz CT molecular complexity index is 405. The SMILES string of the molecule is C#CCC[N+](C)(C)CCCCCCCCCCCCCC[N+](C)(C)CCC#C.[Br-].[Br-]. The van der Waals surface area contributed by atoms with Crippen molar-refractivity contribution in [2.24, 2.45) is 0 Å². The maximum absolute atomic E-state index is 5.37. The fourth-order valence-corrected chi connectivity index (χ4v) is 3.81. The van der Waals surface area contributed by atoms with Gasteiger partial charge in [0.1, 0.15) is 0 Å². The molecule has 30 heavy (non-hydrogen) atoms. The number of unbranched alkanes of at least 4 members (excludes halogenated alkanes) is 11. The number of hydrogen-bond donors (Lipinski definition) is 0. The molecule has 0 fully saturated rings. The summed E-state index contributed by atoms with van der Waals surface area (Å²) in [7, 11) is 9.21. The Morgan fingerprint density at radius 2 is 0.667 bits per heavy atom. The fourth-order valence-electron chi connectivity index (χ4n) is 3.81. The van der Waals surface area contributed by atoms with Gasteiger partial charge in [0.2, 0.25) is 0 Å². The Kier molecular flexibility index (Phi) is 25.6. The highest BCUT2D eigenvalue weighted by atomic mass is 79.9. The minimum absolute atomic E-state index is 0. The van der Waals surface area contributed by atoms with E-state index in [4.69, 9.17) is 12.8 Å². The molecule has 2 nitrogen and oxygen atoms in total. The second kappa shape index (κ2) is 22.2. The van der Waals surface area contributed by atoms with Crippen LogP contribution in [0.25, 0.3) is 0 Å². The second-order valence-corrected chi connectivity index (χ2v) is 9.92. The maximum Gasteiger partial charge on any atom is 0.0893 e. The molecule has 0 saturated heterocycles. The summed E-state index contributed by atoms with van der Waals surface area (Å²) in [4.78, 5) is 0. The molecule has 0 aromatic carbocycles. The predicted molar refractivity (Wildman–Crippen MR) is 126 cm³/mol. The Morgan fingerprint density at radius 1 is 0.433 bits per heavy atom. The smallest absolute Gasteiger partial charge is 0.0893 e. The van der Waals surface area contributed by atoms with Crippen LogP contribution in [0.1, 0.15) is 89.9 Å². The third-order valence-corrected chi connectivity index (χ3v) is 6.00. The Hall–Kier alpha value is 0. The van der Waals surface area contributed by atoms with Crippen LogP contribution in [0.3, 0.4) is 0 Å². The molecule has 0 aliphatic heterocycles. The molecule has 0 saturated carbocycles. The van der Waals surface area contributed by atoms with Gasteiger partial charge in [-0.2, -0.15) is 0 Å². The molecular formula is C26H50Br2N2. The molecule has 0 radical (unpaired) electrons. The van der Waals surface area contributed by atoms with Crippen molar-refractivity contribution < 1.29 is 42.9 Å². The van der Waals surface area contributed by atoms with E-state index in [2.05, 4.69) is 40.0 Å². The highest BCUT2D eigenvalue weighted by molar-refractivity contribution is 4.83. The van der Waals surface area contributed by atoms with E-state index in [-0.39, 0.29) is 34.0 Å². The molecule has 0 aromatic heterocycles. The van der Waals surface area contributed by atoms with Gasteiger partial charge in [-0.1, -0.05) is 51.4 Å². The quantitative estimate of drug-likeness (QED) is 0.120. The highest BCUT2D eigenvalue weighted by Crippen LogP contribution is 2.13. The first-order chi connectivity index (χ1) is 13.3. The van der Waals surface area contributed by atoms with Gasteiger partial charge in [0.15, 0.2) is 0 Å². The van der Waals surface area contributed by atoms with E-state index < -0.39 is 0 Å². The second-order valence-electron chi connectivity index (χ2n) is 9.92. The van der Waals surface area contributed by atoms with E-state index in [9.17, 15) is 0 Å². The summed E-state index contributed by atoms with van der Waals surface area (Å²) in [5.74, 6) is 5.53. The monoisotopic (exact) mass is 548 g/mol. The molecule has 0 atom stereocenters. The van der Waals surface area contributed by atoms with E-state index in [0.29, 0.717) is 0 Å². The van der Waals surface area contributed by atoms with E-state index in [1.54, 1.807) is 0 Å². The summed E-state index contributed by atoms with van der Waals surface area (Å²) in [6.07, 6.45) is 29.4. The van der Waals surface area contributed by atoms with Crippen LogP contribution in [0.15, 0.2) is 0 Å². The normalized spacial score (nSPS) is 11.1. The predicted octanol–water partition coefficient (Wildman–Crippen LogP) is -0.125. The molecule has 4 heteroatoms. The summed E-state index contributed by atoms with van der Waals surface area (Å²) in [6, 6.07) is 0. The summed E-state index contributed by atoms with van der Waals surface area (Å²) < 4.78 is 2.15. The summed E-state index contributed by atoms with van der Waals surface area (Å²) in [5, 5.41) is 0. The van der Waals surface area contributed by atoms with Crippen molar-refractivity contribution in [2.45, 2.75) is 89.9 Å². The van der Waals surface area contributed by atoms with E-state index in [0.717, 1.165) is 34.9 Å². The first-order valence-electron chi connectivity index (χ1n) is 11.8. The van der Waals surface area contributed by atoms with Crippen LogP contribution >= 0.6 is 0 Å². The van der Waals surface area contributed by atoms with Gasteiger partial charge in [-0.3, -0.25) is 0 Å². The molecule has 0 bridgehead atoms. The average molecular weight is 551 g/mol. The van der Waals surface area contributed by atoms with Gasteiger partial charge in [-0.15, -0.1) is 24.7 Å². The van der Waals surface area contributed by atoms with Crippen molar-refractivity contribution >= 4 is 0 Å². The van der Waals surface area contributed by atoms with Crippen LogP contribution in [0, 0.1) is 24.7 Å². The number of halogens is 2. The largest absolute Gasteiger partial charge is 1.00 e. The van der Waals surface area contributed by atoms with Crippen molar-refractivity contribution in [3.05, 3.63) is 0 Å². The van der Waals surface area contributed by atoms with Crippen molar-refractivity contribution in [3.8, 4) is 24.7 Å². The summed E-state index contributed by atoms with van der Waals surface area (Å²) in [6.45, 7) is 4.75. The Labute approximate surface area is 211 Å². The van der Waals surface area contributed by atoms with Crippen LogP contribution in [0.4, 0.5) is 0 Å². The van der Waals surface area contributed by atoms with Crippen LogP contribution < -0.4 is 34.0 Å². The molecule has 0 unspecified atom stereocenters. The minimum Gasteiger partial charge on any atom is -1.00 e. The van der Waals surface area contributed by atoms with Crippen LogP contribution in [0.2, 0.25) is 0 Å². The van der Waals surface area contributed by atoms with Crippen LogP contribution in [-0.4, -0.2) is 63.3 Å². The van der Waals surface area contributed by atoms with Gasteiger partial charge in [0.05, 0.1) is 67.2 Å². The topological polar surface area (TPSA) is 0 Å². The number of terminal acetylenes is 2. The van der Waals surface area contributed by atoms with E-state index >= 15 is 0 Å². The first-order valence-corrected chi connectivity index (χ1v) is 11.8. The fraction of sp³-hybridized carbons (Fsp3) is 0.846. The Morgan fingerprint density at radius 3 is 0.900 bits per heavy atom. The van der Waals surface area contributed by atoms with Gasteiger partial charge in [-0.25, -0.2) is 0 Å². The Balaban J connectivity index is -0.00000364. The van der Waals surface area contributed by atoms with Gasteiger partial charge in [0.25, 0.3) is 0 Å². The average Bonchev–Trinajstić information content (AvgIpc) is 2.65. The molecule has 0 aromatic rings.